The molecule has 142 valence electrons. The van der Waals surface area contributed by atoms with Crippen LogP contribution in [0.15, 0.2) is 73.1 Å². The average molecular weight is 371 g/mol. The molecule has 0 amide bonds. The fourth-order valence-electron chi connectivity index (χ4n) is 3.51. The van der Waals surface area contributed by atoms with Gasteiger partial charge in [-0.2, -0.15) is 0 Å². The Hall–Kier alpha value is -3.11. The van der Waals surface area contributed by atoms with Crippen molar-refractivity contribution >= 4 is 10.8 Å². The third-order valence-electron chi connectivity index (χ3n) is 5.14. The second kappa shape index (κ2) is 8.28. The number of nitrogens with zero attached hydrogens (tertiary/aromatic N) is 1. The van der Waals surface area contributed by atoms with Gasteiger partial charge in [0.25, 0.3) is 0 Å². The number of ether oxygens (including phenoxy) is 1. The van der Waals surface area contributed by atoms with Crippen LogP contribution in [-0.4, -0.2) is 23.1 Å². The minimum absolute atomic E-state index is 0.133. The Morgan fingerprint density at radius 1 is 1.00 bits per heavy atom. The van der Waals surface area contributed by atoms with E-state index in [0.29, 0.717) is 0 Å². The molecule has 0 aliphatic heterocycles. The highest BCUT2D eigenvalue weighted by atomic mass is 16.5. The Labute approximate surface area is 165 Å². The van der Waals surface area contributed by atoms with E-state index in [9.17, 15) is 0 Å². The zero-order valence-electron chi connectivity index (χ0n) is 16.1. The summed E-state index contributed by atoms with van der Waals surface area (Å²) in [5.41, 5.74) is 11.1. The molecule has 0 unspecified atom stereocenters. The molecule has 1 atom stereocenters. The van der Waals surface area contributed by atoms with E-state index in [1.54, 1.807) is 7.11 Å². The fourth-order valence-corrected chi connectivity index (χ4v) is 3.51. The first kappa shape index (κ1) is 18.3. The molecule has 0 fully saturated rings. The number of pyridine rings is 1. The van der Waals surface area contributed by atoms with Gasteiger partial charge in [0.1, 0.15) is 5.75 Å². The molecule has 0 aliphatic rings. The quantitative estimate of drug-likeness (QED) is 0.493. The van der Waals surface area contributed by atoms with E-state index in [1.807, 2.05) is 30.6 Å². The lowest BCUT2D eigenvalue weighted by atomic mass is 10.0. The first-order valence-corrected chi connectivity index (χ1v) is 9.62. The number of fused-ring (bicyclic) bond motifs is 1. The van der Waals surface area contributed by atoms with Gasteiger partial charge in [-0.25, -0.2) is 0 Å². The molecule has 4 nitrogen and oxygen atoms in total. The number of nitrogens with two attached hydrogens (primary N) is 1. The highest BCUT2D eigenvalue weighted by Gasteiger charge is 2.08. The normalized spacial score (nSPS) is 12.2. The van der Waals surface area contributed by atoms with Crippen molar-refractivity contribution in [2.75, 3.05) is 7.11 Å². The number of aryl methyl sites for hydroxylation is 1. The minimum Gasteiger partial charge on any atom is -0.497 e. The van der Waals surface area contributed by atoms with Gasteiger partial charge in [-0.15, -0.1) is 0 Å². The number of rotatable bonds is 7. The van der Waals surface area contributed by atoms with Crippen molar-refractivity contribution in [2.24, 2.45) is 5.73 Å². The smallest absolute Gasteiger partial charge is 0.118 e. The predicted octanol–water partition coefficient (Wildman–Crippen LogP) is 4.74. The highest BCUT2D eigenvalue weighted by Crippen LogP contribution is 2.24. The van der Waals surface area contributed by atoms with Gasteiger partial charge in [-0.3, -0.25) is 4.98 Å². The van der Waals surface area contributed by atoms with Crippen LogP contribution in [0.1, 0.15) is 17.7 Å². The number of hydrogen-bond donors (Lipinski definition) is 2. The molecule has 3 N–H and O–H groups in total. The van der Waals surface area contributed by atoms with Crippen LogP contribution in [0.5, 0.6) is 5.75 Å². The number of H-pyrrole nitrogens is 1. The monoisotopic (exact) mass is 371 g/mol. The van der Waals surface area contributed by atoms with Crippen LogP contribution in [0.4, 0.5) is 0 Å². The van der Waals surface area contributed by atoms with Gasteiger partial charge in [0, 0.05) is 35.2 Å². The van der Waals surface area contributed by atoms with Gasteiger partial charge < -0.3 is 15.5 Å². The highest BCUT2D eigenvalue weighted by molar-refractivity contribution is 5.86. The van der Waals surface area contributed by atoms with Crippen LogP contribution in [-0.2, 0) is 12.8 Å². The molecule has 0 bridgehead atoms. The second-order valence-corrected chi connectivity index (χ2v) is 7.19. The van der Waals surface area contributed by atoms with E-state index in [4.69, 9.17) is 10.5 Å². The lowest BCUT2D eigenvalue weighted by Crippen LogP contribution is -2.23. The molecule has 4 rings (SSSR count). The molecular formula is C24H25N3O. The summed E-state index contributed by atoms with van der Waals surface area (Å²) in [5.74, 6) is 0.876. The van der Waals surface area contributed by atoms with Crippen LogP contribution in [0.3, 0.4) is 0 Å². The zero-order chi connectivity index (χ0) is 19.3. The van der Waals surface area contributed by atoms with Crippen LogP contribution in [0.25, 0.3) is 22.0 Å². The van der Waals surface area contributed by atoms with Crippen LogP contribution in [0, 0.1) is 0 Å². The van der Waals surface area contributed by atoms with Gasteiger partial charge in [0.05, 0.1) is 7.11 Å². The first-order chi connectivity index (χ1) is 13.7. The van der Waals surface area contributed by atoms with Crippen molar-refractivity contribution in [1.82, 2.24) is 9.97 Å². The van der Waals surface area contributed by atoms with Gasteiger partial charge >= 0.3 is 0 Å². The summed E-state index contributed by atoms with van der Waals surface area (Å²) in [6.07, 6.45) is 6.47. The third kappa shape index (κ3) is 4.24. The fraction of sp³-hybridized carbons (Fsp3) is 0.208. The number of hydrogen-bond acceptors (Lipinski definition) is 3. The molecule has 0 saturated carbocycles. The maximum absolute atomic E-state index is 6.35. The van der Waals surface area contributed by atoms with E-state index < -0.39 is 0 Å². The maximum Gasteiger partial charge on any atom is 0.118 e. The van der Waals surface area contributed by atoms with E-state index in [2.05, 4.69) is 52.4 Å². The van der Waals surface area contributed by atoms with Crippen LogP contribution < -0.4 is 10.5 Å². The van der Waals surface area contributed by atoms with Crippen molar-refractivity contribution in [2.45, 2.75) is 25.3 Å². The third-order valence-corrected chi connectivity index (χ3v) is 5.14. The number of methoxy groups -OCH3 is 1. The van der Waals surface area contributed by atoms with E-state index in [0.717, 1.165) is 36.1 Å². The number of benzene rings is 2. The number of nitrogens with one attached hydrogen (secondary N) is 1. The van der Waals surface area contributed by atoms with Crippen molar-refractivity contribution in [1.29, 1.82) is 0 Å². The molecular weight excluding hydrogens is 346 g/mol. The molecule has 4 aromatic rings. The Morgan fingerprint density at radius 2 is 1.86 bits per heavy atom. The van der Waals surface area contributed by atoms with E-state index in [1.165, 1.54) is 22.2 Å². The molecule has 4 heteroatoms. The summed E-state index contributed by atoms with van der Waals surface area (Å²) >= 11 is 0. The lowest BCUT2D eigenvalue weighted by molar-refractivity contribution is 0.414. The van der Waals surface area contributed by atoms with Crippen LogP contribution in [0.2, 0.25) is 0 Å². The summed E-state index contributed by atoms with van der Waals surface area (Å²) in [6.45, 7) is 0. The molecule has 28 heavy (non-hydrogen) atoms. The SMILES string of the molecule is COc1ccc(C[C@H](N)CCc2ccc(-c3ccc4cnccc4c3)[nH]2)cc1. The summed E-state index contributed by atoms with van der Waals surface area (Å²) in [6, 6.07) is 21.1. The molecule has 0 radical (unpaired) electrons. The van der Waals surface area contributed by atoms with Gasteiger partial charge in [0.2, 0.25) is 0 Å². The van der Waals surface area contributed by atoms with Gasteiger partial charge in [-0.1, -0.05) is 24.3 Å². The Balaban J connectivity index is 1.37. The largest absolute Gasteiger partial charge is 0.497 e. The maximum atomic E-state index is 6.35. The van der Waals surface area contributed by atoms with Crippen molar-refractivity contribution in [3.8, 4) is 17.0 Å². The summed E-state index contributed by atoms with van der Waals surface area (Å²) < 4.78 is 5.20. The number of aromatic amines is 1. The van der Waals surface area contributed by atoms with Crippen molar-refractivity contribution in [3.05, 3.63) is 84.3 Å². The molecule has 0 spiro atoms. The molecule has 2 aromatic heterocycles. The first-order valence-electron chi connectivity index (χ1n) is 9.62. The summed E-state index contributed by atoms with van der Waals surface area (Å²) in [7, 11) is 1.68. The standard InChI is InChI=1S/C24H25N3O/c1-28-23-9-2-17(3-10-23)14-21(25)6-7-22-8-11-24(27-22)19-4-5-20-16-26-13-12-18(20)15-19/h2-5,8-13,15-16,21,27H,6-7,14,25H2,1H3/t21-/m1/s1. The van der Waals surface area contributed by atoms with Crippen LogP contribution >= 0.6 is 0 Å². The Morgan fingerprint density at radius 3 is 2.68 bits per heavy atom. The predicted molar refractivity (Wildman–Crippen MR) is 115 cm³/mol. The molecule has 2 aromatic carbocycles. The Bertz CT molecular complexity index is 1050. The van der Waals surface area contributed by atoms with E-state index >= 15 is 0 Å². The summed E-state index contributed by atoms with van der Waals surface area (Å²) in [5, 5.41) is 2.35. The molecule has 0 saturated heterocycles. The number of aromatic nitrogens is 2. The minimum atomic E-state index is 0.133. The average Bonchev–Trinajstić information content (AvgIpc) is 3.21. The second-order valence-electron chi connectivity index (χ2n) is 7.19. The summed E-state index contributed by atoms with van der Waals surface area (Å²) in [4.78, 5) is 7.71. The lowest BCUT2D eigenvalue weighted by Gasteiger charge is -2.11. The Kier molecular flexibility index (Phi) is 5.40. The van der Waals surface area contributed by atoms with E-state index in [-0.39, 0.29) is 6.04 Å². The molecule has 0 aliphatic carbocycles. The molecule has 2 heterocycles. The van der Waals surface area contributed by atoms with Gasteiger partial charge in [0.15, 0.2) is 0 Å². The van der Waals surface area contributed by atoms with Crippen molar-refractivity contribution in [3.63, 3.8) is 0 Å². The zero-order valence-corrected chi connectivity index (χ0v) is 16.1. The topological polar surface area (TPSA) is 63.9 Å². The van der Waals surface area contributed by atoms with Crippen molar-refractivity contribution < 1.29 is 4.74 Å². The van der Waals surface area contributed by atoms with Gasteiger partial charge in [-0.05, 0) is 72.2 Å².